The minimum atomic E-state index is -0.622. The summed E-state index contributed by atoms with van der Waals surface area (Å²) in [5.74, 6) is -1.54. The number of nitrogens with one attached hydrogen (secondary N) is 2. The summed E-state index contributed by atoms with van der Waals surface area (Å²) in [4.78, 5) is 37.3. The highest BCUT2D eigenvalue weighted by Crippen LogP contribution is 2.31. The highest BCUT2D eigenvalue weighted by atomic mass is 19.1. The molecule has 0 saturated carbocycles. The number of rotatable bonds is 5. The van der Waals surface area contributed by atoms with Crippen LogP contribution in [0.25, 0.3) is 6.08 Å². The van der Waals surface area contributed by atoms with Crippen molar-refractivity contribution in [3.05, 3.63) is 59.9 Å². The van der Waals surface area contributed by atoms with Crippen LogP contribution in [0.15, 0.2) is 48.5 Å². The van der Waals surface area contributed by atoms with Crippen LogP contribution < -0.4 is 25.2 Å². The van der Waals surface area contributed by atoms with Gasteiger partial charge in [-0.15, -0.1) is 0 Å². The summed E-state index contributed by atoms with van der Waals surface area (Å²) in [7, 11) is 1.35. The number of halogens is 1. The van der Waals surface area contributed by atoms with Crippen LogP contribution in [-0.2, 0) is 14.4 Å². The minimum Gasteiger partial charge on any atom is -0.494 e. The molecule has 2 aromatic carbocycles. The number of amides is 3. The molecule has 0 fully saturated rings. The van der Waals surface area contributed by atoms with Gasteiger partial charge in [0, 0.05) is 6.08 Å². The molecule has 0 saturated heterocycles. The van der Waals surface area contributed by atoms with Crippen molar-refractivity contribution >= 4 is 29.5 Å². The summed E-state index contributed by atoms with van der Waals surface area (Å²) >= 11 is 0. The molecule has 0 bridgehead atoms. The topological polar surface area (TPSA) is 97.0 Å². The predicted octanol–water partition coefficient (Wildman–Crippen LogP) is 1.42. The lowest BCUT2D eigenvalue weighted by Gasteiger charge is -2.28. The molecule has 29 heavy (non-hydrogen) atoms. The van der Waals surface area contributed by atoms with E-state index in [1.807, 2.05) is 0 Å². The lowest BCUT2D eigenvalue weighted by atomic mass is 10.2. The van der Waals surface area contributed by atoms with Crippen molar-refractivity contribution in [3.63, 3.8) is 0 Å². The Hall–Kier alpha value is -3.88. The van der Waals surface area contributed by atoms with E-state index in [9.17, 15) is 18.8 Å². The van der Waals surface area contributed by atoms with Gasteiger partial charge in [0.15, 0.2) is 18.2 Å². The Bertz CT molecular complexity index is 976. The smallest absolute Gasteiger partial charge is 0.265 e. The highest BCUT2D eigenvalue weighted by Gasteiger charge is 2.26. The maximum Gasteiger partial charge on any atom is 0.265 e. The van der Waals surface area contributed by atoms with E-state index in [-0.39, 0.29) is 24.8 Å². The van der Waals surface area contributed by atoms with Gasteiger partial charge in [-0.3, -0.25) is 30.1 Å². The fraction of sp³-hybridized carbons (Fsp3) is 0.150. The first-order chi connectivity index (χ1) is 14.0. The molecule has 0 spiro atoms. The van der Waals surface area contributed by atoms with Crippen molar-refractivity contribution in [2.75, 3.05) is 25.2 Å². The van der Waals surface area contributed by atoms with E-state index in [4.69, 9.17) is 9.47 Å². The van der Waals surface area contributed by atoms with E-state index in [1.165, 1.54) is 30.2 Å². The molecule has 1 aliphatic heterocycles. The molecule has 0 aliphatic carbocycles. The van der Waals surface area contributed by atoms with Crippen molar-refractivity contribution in [3.8, 4) is 11.5 Å². The standard InChI is InChI=1S/C20H18FN3O5/c1-28-16-8-6-13(10-14(16)21)7-9-18(25)22-23-19(26)11-24-15-4-2-3-5-17(15)29-12-20(24)27/h2-10H,11-12H2,1H3,(H,22,25)(H,23,26)/b9-7+. The molecule has 0 unspecified atom stereocenters. The van der Waals surface area contributed by atoms with Gasteiger partial charge >= 0.3 is 0 Å². The van der Waals surface area contributed by atoms with Crippen molar-refractivity contribution in [1.29, 1.82) is 0 Å². The van der Waals surface area contributed by atoms with Crippen molar-refractivity contribution in [2.45, 2.75) is 0 Å². The molecule has 9 heteroatoms. The van der Waals surface area contributed by atoms with E-state index < -0.39 is 17.6 Å². The van der Waals surface area contributed by atoms with Crippen LogP contribution in [0.1, 0.15) is 5.56 Å². The molecule has 0 radical (unpaired) electrons. The molecule has 3 rings (SSSR count). The summed E-state index contributed by atoms with van der Waals surface area (Å²) in [5, 5.41) is 0. The first-order valence-electron chi connectivity index (χ1n) is 8.60. The van der Waals surface area contributed by atoms with Gasteiger partial charge in [-0.25, -0.2) is 4.39 Å². The van der Waals surface area contributed by atoms with Crippen LogP contribution >= 0.6 is 0 Å². The van der Waals surface area contributed by atoms with Gasteiger partial charge in [-0.05, 0) is 35.9 Å². The van der Waals surface area contributed by atoms with Gasteiger partial charge < -0.3 is 9.47 Å². The van der Waals surface area contributed by atoms with Crippen LogP contribution in [0.2, 0.25) is 0 Å². The summed E-state index contributed by atoms with van der Waals surface area (Å²) in [6.45, 7) is -0.454. The van der Waals surface area contributed by atoms with Crippen molar-refractivity contribution in [2.24, 2.45) is 0 Å². The molecule has 0 aromatic heterocycles. The van der Waals surface area contributed by atoms with E-state index in [1.54, 1.807) is 30.3 Å². The Morgan fingerprint density at radius 1 is 1.24 bits per heavy atom. The van der Waals surface area contributed by atoms with Crippen molar-refractivity contribution in [1.82, 2.24) is 10.9 Å². The third-order valence-electron chi connectivity index (χ3n) is 4.04. The average molecular weight is 399 g/mol. The first kappa shape index (κ1) is 19.9. The normalized spacial score (nSPS) is 12.9. The second kappa shape index (κ2) is 8.87. The molecular weight excluding hydrogens is 381 g/mol. The number of methoxy groups -OCH3 is 1. The second-order valence-corrected chi connectivity index (χ2v) is 6.00. The summed E-state index contributed by atoms with van der Waals surface area (Å²) in [6, 6.07) is 11.1. The zero-order valence-corrected chi connectivity index (χ0v) is 15.5. The van der Waals surface area contributed by atoms with Crippen LogP contribution in [0.3, 0.4) is 0 Å². The van der Waals surface area contributed by atoms with E-state index in [0.29, 0.717) is 17.0 Å². The molecule has 2 N–H and O–H groups in total. The molecule has 8 nitrogen and oxygen atoms in total. The number of carbonyl (C=O) groups is 3. The summed E-state index contributed by atoms with van der Waals surface area (Å²) in [6.07, 6.45) is 2.52. The fourth-order valence-electron chi connectivity index (χ4n) is 2.64. The Morgan fingerprint density at radius 2 is 2.03 bits per heavy atom. The third kappa shape index (κ3) is 4.89. The van der Waals surface area contributed by atoms with Gasteiger partial charge in [0.2, 0.25) is 0 Å². The highest BCUT2D eigenvalue weighted by molar-refractivity contribution is 6.02. The van der Waals surface area contributed by atoms with E-state index >= 15 is 0 Å². The average Bonchev–Trinajstić information content (AvgIpc) is 2.73. The largest absolute Gasteiger partial charge is 0.494 e. The number of carbonyl (C=O) groups excluding carboxylic acids is 3. The lowest BCUT2D eigenvalue weighted by Crippen LogP contribution is -2.49. The molecular formula is C20H18FN3O5. The SMILES string of the molecule is COc1ccc(/C=C/C(=O)NNC(=O)CN2C(=O)COc3ccccc32)cc1F. The Labute approximate surface area is 165 Å². The van der Waals surface area contributed by atoms with Gasteiger partial charge in [-0.2, -0.15) is 0 Å². The molecule has 0 atom stereocenters. The zero-order valence-electron chi connectivity index (χ0n) is 15.5. The molecule has 3 amide bonds. The zero-order chi connectivity index (χ0) is 20.8. The van der Waals surface area contributed by atoms with Gasteiger partial charge in [0.25, 0.3) is 17.7 Å². The van der Waals surface area contributed by atoms with E-state index in [2.05, 4.69) is 10.9 Å². The first-order valence-corrected chi connectivity index (χ1v) is 8.60. The molecule has 2 aromatic rings. The van der Waals surface area contributed by atoms with Crippen LogP contribution in [0, 0.1) is 5.82 Å². The lowest BCUT2D eigenvalue weighted by molar-refractivity contribution is -0.127. The Morgan fingerprint density at radius 3 is 2.79 bits per heavy atom. The number of fused-ring (bicyclic) bond motifs is 1. The number of nitrogens with zero attached hydrogens (tertiary/aromatic N) is 1. The van der Waals surface area contributed by atoms with Gasteiger partial charge in [-0.1, -0.05) is 18.2 Å². The monoisotopic (exact) mass is 399 g/mol. The number of hydrogen-bond donors (Lipinski definition) is 2. The number of para-hydroxylation sites is 2. The van der Waals surface area contributed by atoms with Gasteiger partial charge in [0.05, 0.1) is 12.8 Å². The third-order valence-corrected chi connectivity index (χ3v) is 4.04. The molecule has 150 valence electrons. The molecule has 1 heterocycles. The maximum absolute atomic E-state index is 13.6. The summed E-state index contributed by atoms with van der Waals surface area (Å²) < 4.78 is 23.8. The predicted molar refractivity (Wildman–Crippen MR) is 103 cm³/mol. The number of hydrogen-bond acceptors (Lipinski definition) is 5. The summed E-state index contributed by atoms with van der Waals surface area (Å²) in [5.41, 5.74) is 5.36. The van der Waals surface area contributed by atoms with Crippen LogP contribution in [0.4, 0.5) is 10.1 Å². The Kier molecular flexibility index (Phi) is 6.08. The number of ether oxygens (including phenoxy) is 2. The maximum atomic E-state index is 13.6. The minimum absolute atomic E-state index is 0.0955. The number of hydrazine groups is 1. The van der Waals surface area contributed by atoms with Crippen LogP contribution in [-0.4, -0.2) is 38.0 Å². The van der Waals surface area contributed by atoms with Crippen LogP contribution in [0.5, 0.6) is 11.5 Å². The van der Waals surface area contributed by atoms with Gasteiger partial charge in [0.1, 0.15) is 12.3 Å². The fourth-order valence-corrected chi connectivity index (χ4v) is 2.64. The van der Waals surface area contributed by atoms with Crippen molar-refractivity contribution < 1.29 is 28.2 Å². The van der Waals surface area contributed by atoms with E-state index in [0.717, 1.165) is 6.08 Å². The Balaban J connectivity index is 1.53. The molecule has 1 aliphatic rings. The number of anilines is 1. The second-order valence-electron chi connectivity index (χ2n) is 6.00. The number of benzene rings is 2. The quantitative estimate of drug-likeness (QED) is 0.586.